The van der Waals surface area contributed by atoms with Gasteiger partial charge in [0.15, 0.2) is 10.8 Å². The Morgan fingerprint density at radius 3 is 2.62 bits per heavy atom. The Labute approximate surface area is 174 Å². The fourth-order valence-electron chi connectivity index (χ4n) is 3.35. The van der Waals surface area contributed by atoms with Gasteiger partial charge in [-0.05, 0) is 31.5 Å². The minimum atomic E-state index is -0.172. The first-order valence-electron chi connectivity index (χ1n) is 9.78. The number of rotatable bonds is 6. The van der Waals surface area contributed by atoms with Gasteiger partial charge in [0, 0.05) is 25.0 Å². The molecular weight excluding hydrogens is 386 g/mol. The van der Waals surface area contributed by atoms with Crippen LogP contribution in [0.15, 0.2) is 46.2 Å². The number of hydrogen-bond acceptors (Lipinski definition) is 6. The molecule has 1 fully saturated rings. The molecule has 0 spiro atoms. The number of furan rings is 1. The van der Waals surface area contributed by atoms with Crippen LogP contribution in [0.1, 0.15) is 33.4 Å². The molecule has 6 nitrogen and oxygen atoms in total. The highest BCUT2D eigenvalue weighted by atomic mass is 32.1. The zero-order chi connectivity index (χ0) is 20.2. The van der Waals surface area contributed by atoms with Gasteiger partial charge in [-0.3, -0.25) is 9.69 Å². The zero-order valence-corrected chi connectivity index (χ0v) is 17.5. The number of aromatic nitrogens is 1. The lowest BCUT2D eigenvalue weighted by Gasteiger charge is -2.31. The summed E-state index contributed by atoms with van der Waals surface area (Å²) in [7, 11) is 0. The lowest BCUT2D eigenvalue weighted by Crippen LogP contribution is -2.43. The van der Waals surface area contributed by atoms with Crippen LogP contribution in [0, 0.1) is 13.8 Å². The van der Waals surface area contributed by atoms with Crippen molar-refractivity contribution in [2.75, 3.05) is 32.8 Å². The second kappa shape index (κ2) is 8.90. The molecule has 7 heteroatoms. The summed E-state index contributed by atoms with van der Waals surface area (Å²) in [5.41, 5.74) is 2.70. The van der Waals surface area contributed by atoms with Crippen LogP contribution >= 0.6 is 11.3 Å². The quantitative estimate of drug-likeness (QED) is 0.668. The molecule has 1 amide bonds. The van der Waals surface area contributed by atoms with Gasteiger partial charge in [-0.15, -0.1) is 11.3 Å². The number of carbonyl (C=O) groups is 1. The van der Waals surface area contributed by atoms with Gasteiger partial charge in [-0.2, -0.15) is 0 Å². The molecule has 1 atom stereocenters. The first-order chi connectivity index (χ1) is 14.1. The maximum absolute atomic E-state index is 12.9. The molecule has 29 heavy (non-hydrogen) atoms. The Hall–Kier alpha value is -2.48. The molecule has 4 rings (SSSR count). The summed E-state index contributed by atoms with van der Waals surface area (Å²) in [5, 5.41) is 5.67. The number of nitrogens with one attached hydrogen (secondary N) is 1. The number of nitrogens with zero attached hydrogens (tertiary/aromatic N) is 2. The molecule has 0 unspecified atom stereocenters. The molecule has 0 saturated carbocycles. The topological polar surface area (TPSA) is 67.6 Å². The highest BCUT2D eigenvalue weighted by Gasteiger charge is 2.22. The molecule has 3 aromatic rings. The molecular formula is C22H25N3O3S. The maximum Gasteiger partial charge on any atom is 0.271 e. The number of carbonyl (C=O) groups excluding carboxylic acids is 1. The van der Waals surface area contributed by atoms with Crippen LogP contribution in [0.2, 0.25) is 0 Å². The van der Waals surface area contributed by atoms with Gasteiger partial charge in [0.1, 0.15) is 11.5 Å². The second-order valence-corrected chi connectivity index (χ2v) is 8.16. The van der Waals surface area contributed by atoms with E-state index in [2.05, 4.69) is 46.4 Å². The number of morpholine rings is 1. The van der Waals surface area contributed by atoms with Gasteiger partial charge in [0.2, 0.25) is 0 Å². The van der Waals surface area contributed by atoms with E-state index in [4.69, 9.17) is 9.15 Å². The van der Waals surface area contributed by atoms with E-state index in [1.54, 1.807) is 5.38 Å². The van der Waals surface area contributed by atoms with Gasteiger partial charge in [0.25, 0.3) is 5.91 Å². The minimum Gasteiger partial charge on any atom is -0.459 e. The average molecular weight is 412 g/mol. The van der Waals surface area contributed by atoms with Gasteiger partial charge in [-0.25, -0.2) is 4.98 Å². The van der Waals surface area contributed by atoms with Crippen LogP contribution in [0.4, 0.5) is 0 Å². The van der Waals surface area contributed by atoms with Crippen LogP contribution in [0.5, 0.6) is 0 Å². The van der Waals surface area contributed by atoms with Crippen molar-refractivity contribution in [3.63, 3.8) is 0 Å². The molecule has 1 aliphatic heterocycles. The molecule has 152 valence electrons. The van der Waals surface area contributed by atoms with E-state index >= 15 is 0 Å². The number of ether oxygens (including phenoxy) is 1. The molecule has 2 aromatic heterocycles. The van der Waals surface area contributed by atoms with Crippen LogP contribution in [-0.4, -0.2) is 48.6 Å². The van der Waals surface area contributed by atoms with Gasteiger partial charge in [0.05, 0.1) is 19.3 Å². The van der Waals surface area contributed by atoms with E-state index in [-0.39, 0.29) is 11.9 Å². The van der Waals surface area contributed by atoms with Crippen LogP contribution in [-0.2, 0) is 4.74 Å². The van der Waals surface area contributed by atoms with Crippen molar-refractivity contribution in [3.05, 3.63) is 64.4 Å². The van der Waals surface area contributed by atoms with E-state index in [1.165, 1.54) is 16.9 Å². The monoisotopic (exact) mass is 411 g/mol. The van der Waals surface area contributed by atoms with Crippen LogP contribution in [0.25, 0.3) is 10.8 Å². The van der Waals surface area contributed by atoms with E-state index < -0.39 is 0 Å². The van der Waals surface area contributed by atoms with E-state index in [1.807, 2.05) is 19.1 Å². The summed E-state index contributed by atoms with van der Waals surface area (Å²) in [5.74, 6) is 1.34. The number of benzene rings is 1. The summed E-state index contributed by atoms with van der Waals surface area (Å²) in [4.78, 5) is 19.8. The molecule has 3 heterocycles. The highest BCUT2D eigenvalue weighted by Crippen LogP contribution is 2.26. The van der Waals surface area contributed by atoms with Gasteiger partial charge >= 0.3 is 0 Å². The minimum absolute atomic E-state index is 0.114. The molecule has 0 bridgehead atoms. The fourth-order valence-corrected chi connectivity index (χ4v) is 4.11. The molecule has 1 N–H and O–H groups in total. The summed E-state index contributed by atoms with van der Waals surface area (Å²) < 4.78 is 11.1. The third-order valence-electron chi connectivity index (χ3n) is 5.02. The Balaban J connectivity index is 1.50. The third-order valence-corrected chi connectivity index (χ3v) is 5.87. The summed E-state index contributed by atoms with van der Waals surface area (Å²) in [6.07, 6.45) is 0. The Kier molecular flexibility index (Phi) is 6.08. The molecule has 0 radical (unpaired) electrons. The lowest BCUT2D eigenvalue weighted by atomic mass is 10.0. The predicted molar refractivity (Wildman–Crippen MR) is 113 cm³/mol. The fraction of sp³-hybridized carbons (Fsp3) is 0.364. The predicted octanol–water partition coefficient (Wildman–Crippen LogP) is 3.82. The number of hydrogen-bond donors (Lipinski definition) is 1. The summed E-state index contributed by atoms with van der Waals surface area (Å²) in [6, 6.07) is 12.0. The summed E-state index contributed by atoms with van der Waals surface area (Å²) in [6.45, 7) is 7.90. The van der Waals surface area contributed by atoms with Crippen molar-refractivity contribution < 1.29 is 13.9 Å². The maximum atomic E-state index is 12.9. The van der Waals surface area contributed by atoms with E-state index in [9.17, 15) is 4.79 Å². The van der Waals surface area contributed by atoms with Crippen molar-refractivity contribution in [1.29, 1.82) is 0 Å². The Bertz CT molecular complexity index is 958. The molecule has 1 aromatic carbocycles. The summed E-state index contributed by atoms with van der Waals surface area (Å²) >= 11 is 1.41. The molecule has 0 aliphatic carbocycles. The van der Waals surface area contributed by atoms with Crippen LogP contribution < -0.4 is 5.32 Å². The second-order valence-electron chi connectivity index (χ2n) is 7.30. The van der Waals surface area contributed by atoms with Gasteiger partial charge < -0.3 is 14.5 Å². The van der Waals surface area contributed by atoms with Crippen molar-refractivity contribution in [2.45, 2.75) is 19.9 Å². The SMILES string of the molecule is Cc1ccc([C@H](CN2CCOCC2)NC(=O)c2csc(-c3ccc(C)o3)n2)cc1. The average Bonchev–Trinajstić information content (AvgIpc) is 3.38. The molecule has 1 aliphatic rings. The van der Waals surface area contributed by atoms with Crippen molar-refractivity contribution in [1.82, 2.24) is 15.2 Å². The number of thiazole rings is 1. The lowest BCUT2D eigenvalue weighted by molar-refractivity contribution is 0.0332. The van der Waals surface area contributed by atoms with Crippen molar-refractivity contribution in [3.8, 4) is 10.8 Å². The van der Waals surface area contributed by atoms with E-state index in [0.717, 1.165) is 44.2 Å². The Morgan fingerprint density at radius 1 is 1.17 bits per heavy atom. The first-order valence-corrected chi connectivity index (χ1v) is 10.7. The van der Waals surface area contributed by atoms with Crippen LogP contribution in [0.3, 0.4) is 0 Å². The smallest absolute Gasteiger partial charge is 0.271 e. The van der Waals surface area contributed by atoms with Crippen molar-refractivity contribution >= 4 is 17.2 Å². The normalized spacial score (nSPS) is 15.9. The van der Waals surface area contributed by atoms with Crippen molar-refractivity contribution in [2.24, 2.45) is 0 Å². The standard InChI is InChI=1S/C22H25N3O3S/c1-15-3-6-17(7-4-15)18(13-25-9-11-27-12-10-25)23-21(26)19-14-29-22(24-19)20-8-5-16(2)28-20/h3-8,14,18H,9-13H2,1-2H3,(H,23,26)/t18-/m0/s1. The van der Waals surface area contributed by atoms with Gasteiger partial charge in [-0.1, -0.05) is 29.8 Å². The molecule has 1 saturated heterocycles. The Morgan fingerprint density at radius 2 is 1.93 bits per heavy atom. The highest BCUT2D eigenvalue weighted by molar-refractivity contribution is 7.13. The number of aryl methyl sites for hydroxylation is 2. The third kappa shape index (κ3) is 4.93. The number of amides is 1. The largest absolute Gasteiger partial charge is 0.459 e. The zero-order valence-electron chi connectivity index (χ0n) is 16.7. The van der Waals surface area contributed by atoms with E-state index in [0.29, 0.717) is 16.5 Å². The first kappa shape index (κ1) is 19.8.